The molecule has 1 aliphatic rings. The van der Waals surface area contributed by atoms with Gasteiger partial charge in [0.05, 0.1) is 12.5 Å². The summed E-state index contributed by atoms with van der Waals surface area (Å²) in [5, 5.41) is 5.80. The van der Waals surface area contributed by atoms with Crippen LogP contribution in [0.1, 0.15) is 39.9 Å². The highest BCUT2D eigenvalue weighted by molar-refractivity contribution is 6.09. The molecule has 0 saturated heterocycles. The van der Waals surface area contributed by atoms with Crippen LogP contribution >= 0.6 is 0 Å². The van der Waals surface area contributed by atoms with E-state index in [1.807, 2.05) is 0 Å². The van der Waals surface area contributed by atoms with Gasteiger partial charge in [-0.1, -0.05) is 0 Å². The lowest BCUT2D eigenvalue weighted by atomic mass is 10.0. The number of amides is 1. The van der Waals surface area contributed by atoms with Gasteiger partial charge in [-0.2, -0.15) is 5.10 Å². The van der Waals surface area contributed by atoms with Gasteiger partial charge in [0.15, 0.2) is 12.4 Å². The lowest BCUT2D eigenvalue weighted by Crippen LogP contribution is -2.31. The van der Waals surface area contributed by atoms with Crippen LogP contribution in [0.15, 0.2) is 99.3 Å². The van der Waals surface area contributed by atoms with Gasteiger partial charge >= 0.3 is 0 Å². The molecule has 2 aromatic heterocycles. The van der Waals surface area contributed by atoms with Gasteiger partial charge in [-0.05, 0) is 72.8 Å². The molecule has 1 amide bonds. The molecule has 4 aromatic rings. The van der Waals surface area contributed by atoms with Crippen LogP contribution in [0.4, 0.5) is 4.39 Å². The van der Waals surface area contributed by atoms with Gasteiger partial charge in [0, 0.05) is 17.5 Å². The molecule has 8 heteroatoms. The Bertz CT molecular complexity index is 1310. The zero-order valence-electron chi connectivity index (χ0n) is 17.9. The van der Waals surface area contributed by atoms with Crippen molar-refractivity contribution in [2.24, 2.45) is 5.10 Å². The van der Waals surface area contributed by atoms with Crippen molar-refractivity contribution < 1.29 is 27.6 Å². The predicted octanol–water partition coefficient (Wildman–Crippen LogP) is 5.00. The van der Waals surface area contributed by atoms with E-state index in [4.69, 9.17) is 13.6 Å². The second-order valence-corrected chi connectivity index (χ2v) is 7.65. The standard InChI is InChI=1S/C26H19FN2O5/c27-19-9-5-17(6-10-19)26(31)18-7-11-20(12-8-18)34-16-25(30)29-22(24-4-2-14-33-24)15-21(28-29)23-3-1-13-32-23/h1-14,22H,15-16H2. The third-order valence-corrected chi connectivity index (χ3v) is 5.43. The topological polar surface area (TPSA) is 85.3 Å². The fourth-order valence-corrected chi connectivity index (χ4v) is 3.72. The van der Waals surface area contributed by atoms with Crippen molar-refractivity contribution in [1.82, 2.24) is 5.01 Å². The summed E-state index contributed by atoms with van der Waals surface area (Å²) in [4.78, 5) is 25.5. The number of carbonyl (C=O) groups is 2. The molecule has 0 aliphatic carbocycles. The van der Waals surface area contributed by atoms with Gasteiger partial charge in [-0.15, -0.1) is 0 Å². The molecule has 0 saturated carbocycles. The highest BCUT2D eigenvalue weighted by Gasteiger charge is 2.35. The number of hydrazone groups is 1. The highest BCUT2D eigenvalue weighted by Crippen LogP contribution is 2.33. The van der Waals surface area contributed by atoms with Crippen LogP contribution in [-0.4, -0.2) is 29.0 Å². The predicted molar refractivity (Wildman–Crippen MR) is 120 cm³/mol. The number of carbonyl (C=O) groups excluding carboxylic acids is 2. The molecule has 2 aromatic carbocycles. The Kier molecular flexibility index (Phi) is 5.78. The smallest absolute Gasteiger partial charge is 0.281 e. The Morgan fingerprint density at radius 1 is 0.941 bits per heavy atom. The summed E-state index contributed by atoms with van der Waals surface area (Å²) >= 11 is 0. The Morgan fingerprint density at radius 2 is 1.62 bits per heavy atom. The molecular weight excluding hydrogens is 439 g/mol. The number of benzene rings is 2. The first kappa shape index (κ1) is 21.4. The molecule has 0 spiro atoms. The molecule has 7 nitrogen and oxygen atoms in total. The Labute approximate surface area is 194 Å². The van der Waals surface area contributed by atoms with Gasteiger partial charge in [0.1, 0.15) is 34.8 Å². The minimum absolute atomic E-state index is 0.235. The van der Waals surface area contributed by atoms with Crippen molar-refractivity contribution in [1.29, 1.82) is 0 Å². The van der Waals surface area contributed by atoms with Crippen LogP contribution in [-0.2, 0) is 4.79 Å². The van der Waals surface area contributed by atoms with Crippen molar-refractivity contribution in [3.8, 4) is 5.75 Å². The summed E-state index contributed by atoms with van der Waals surface area (Å²) in [6.07, 6.45) is 3.55. The van der Waals surface area contributed by atoms with E-state index in [0.717, 1.165) is 0 Å². The van der Waals surface area contributed by atoms with Gasteiger partial charge < -0.3 is 13.6 Å². The van der Waals surface area contributed by atoms with Crippen LogP contribution in [0, 0.1) is 5.82 Å². The molecule has 0 radical (unpaired) electrons. The summed E-state index contributed by atoms with van der Waals surface area (Å²) in [5.74, 6) is 0.637. The normalized spacial score (nSPS) is 15.3. The number of nitrogens with zero attached hydrogens (tertiary/aromatic N) is 2. The van der Waals surface area contributed by atoms with Crippen molar-refractivity contribution in [2.45, 2.75) is 12.5 Å². The Morgan fingerprint density at radius 3 is 2.26 bits per heavy atom. The van der Waals surface area contributed by atoms with Crippen molar-refractivity contribution in [3.05, 3.63) is 114 Å². The zero-order chi connectivity index (χ0) is 23.5. The fourth-order valence-electron chi connectivity index (χ4n) is 3.72. The summed E-state index contributed by atoms with van der Waals surface area (Å²) in [6, 6.07) is 18.5. The monoisotopic (exact) mass is 458 g/mol. The van der Waals surface area contributed by atoms with Crippen LogP contribution < -0.4 is 4.74 Å². The minimum Gasteiger partial charge on any atom is -0.484 e. The number of halogens is 1. The van der Waals surface area contributed by atoms with Crippen molar-refractivity contribution >= 4 is 17.4 Å². The highest BCUT2D eigenvalue weighted by atomic mass is 19.1. The minimum atomic E-state index is -0.405. The third-order valence-electron chi connectivity index (χ3n) is 5.43. The summed E-state index contributed by atoms with van der Waals surface area (Å²) < 4.78 is 29.7. The molecule has 1 unspecified atom stereocenters. The summed E-state index contributed by atoms with van der Waals surface area (Å²) in [7, 11) is 0. The number of ketones is 1. The van der Waals surface area contributed by atoms with E-state index in [0.29, 0.717) is 40.5 Å². The quantitative estimate of drug-likeness (QED) is 0.364. The zero-order valence-corrected chi connectivity index (χ0v) is 17.9. The van der Waals surface area contributed by atoms with Crippen LogP contribution in [0.5, 0.6) is 5.75 Å². The molecular formula is C26H19FN2O5. The summed E-state index contributed by atoms with van der Waals surface area (Å²) in [5.41, 5.74) is 1.45. The molecule has 0 N–H and O–H groups in total. The van der Waals surface area contributed by atoms with E-state index >= 15 is 0 Å². The van der Waals surface area contributed by atoms with Crippen molar-refractivity contribution in [2.75, 3.05) is 6.61 Å². The number of hydrogen-bond acceptors (Lipinski definition) is 6. The molecule has 0 fully saturated rings. The van der Waals surface area contributed by atoms with Crippen LogP contribution in [0.3, 0.4) is 0 Å². The molecule has 170 valence electrons. The molecule has 1 aliphatic heterocycles. The Balaban J connectivity index is 1.26. The van der Waals surface area contributed by atoms with Crippen LogP contribution in [0.25, 0.3) is 0 Å². The maximum absolute atomic E-state index is 13.1. The maximum Gasteiger partial charge on any atom is 0.281 e. The van der Waals surface area contributed by atoms with Crippen molar-refractivity contribution in [3.63, 3.8) is 0 Å². The van der Waals surface area contributed by atoms with E-state index in [1.165, 1.54) is 29.3 Å². The van der Waals surface area contributed by atoms with Gasteiger partial charge in [0.2, 0.25) is 0 Å². The van der Waals surface area contributed by atoms with E-state index in [2.05, 4.69) is 5.10 Å². The first-order valence-electron chi connectivity index (χ1n) is 10.6. The number of hydrogen-bond donors (Lipinski definition) is 0. The lowest BCUT2D eigenvalue weighted by molar-refractivity contribution is -0.135. The lowest BCUT2D eigenvalue weighted by Gasteiger charge is -2.20. The molecule has 3 heterocycles. The molecule has 5 rings (SSSR count). The maximum atomic E-state index is 13.1. The fraction of sp³-hybridized carbons (Fsp3) is 0.115. The summed E-state index contributed by atoms with van der Waals surface area (Å²) in [6.45, 7) is -0.253. The average molecular weight is 458 g/mol. The molecule has 34 heavy (non-hydrogen) atoms. The van der Waals surface area contributed by atoms with Gasteiger partial charge in [-0.3, -0.25) is 9.59 Å². The number of ether oxygens (including phenoxy) is 1. The van der Waals surface area contributed by atoms with E-state index in [-0.39, 0.29) is 18.3 Å². The van der Waals surface area contributed by atoms with Gasteiger partial charge in [-0.25, -0.2) is 9.40 Å². The molecule has 1 atom stereocenters. The largest absolute Gasteiger partial charge is 0.484 e. The van der Waals surface area contributed by atoms with E-state index < -0.39 is 11.9 Å². The Hall–Kier alpha value is -4.46. The first-order chi connectivity index (χ1) is 16.6. The SMILES string of the molecule is O=C(c1ccc(F)cc1)c1ccc(OCC(=O)N2N=C(c3ccco3)CC2c2ccco2)cc1. The van der Waals surface area contributed by atoms with E-state index in [1.54, 1.807) is 61.1 Å². The second-order valence-electron chi connectivity index (χ2n) is 7.65. The number of rotatable bonds is 7. The average Bonchev–Trinajstić information content (AvgIpc) is 3.64. The van der Waals surface area contributed by atoms with Crippen LogP contribution in [0.2, 0.25) is 0 Å². The van der Waals surface area contributed by atoms with Gasteiger partial charge in [0.25, 0.3) is 5.91 Å². The number of furan rings is 2. The second kappa shape index (κ2) is 9.19. The molecule has 0 bridgehead atoms. The van der Waals surface area contributed by atoms with E-state index in [9.17, 15) is 14.0 Å². The third kappa shape index (κ3) is 4.38. The first-order valence-corrected chi connectivity index (χ1v) is 10.6.